The maximum Gasteiger partial charge on any atom is 0.335 e. The molecule has 0 saturated heterocycles. The Balaban J connectivity index is 2.14. The van der Waals surface area contributed by atoms with Crippen LogP contribution < -0.4 is 4.74 Å². The van der Waals surface area contributed by atoms with E-state index in [0.29, 0.717) is 10.8 Å². The molecule has 0 spiro atoms. The van der Waals surface area contributed by atoms with Gasteiger partial charge >= 0.3 is 5.97 Å². The van der Waals surface area contributed by atoms with Gasteiger partial charge in [-0.05, 0) is 30.3 Å². The number of benzene rings is 1. The number of pyridine rings is 1. The van der Waals surface area contributed by atoms with Gasteiger partial charge in [-0.1, -0.05) is 15.9 Å². The van der Waals surface area contributed by atoms with E-state index in [2.05, 4.69) is 20.9 Å². The SMILES string of the molecule is COc1ccc(Br)cc1CSc1cc(C(=O)O)ccn1. The van der Waals surface area contributed by atoms with Crippen LogP contribution in [0.5, 0.6) is 5.75 Å². The van der Waals surface area contributed by atoms with Crippen molar-refractivity contribution in [3.05, 3.63) is 52.1 Å². The summed E-state index contributed by atoms with van der Waals surface area (Å²) in [6.45, 7) is 0. The fourth-order valence-corrected chi connectivity index (χ4v) is 2.92. The first-order valence-electron chi connectivity index (χ1n) is 5.74. The summed E-state index contributed by atoms with van der Waals surface area (Å²) in [6.07, 6.45) is 1.50. The molecular formula is C14H12BrNO3S. The number of aromatic carboxylic acids is 1. The zero-order valence-corrected chi connectivity index (χ0v) is 13.1. The lowest BCUT2D eigenvalue weighted by Gasteiger charge is -2.08. The molecule has 0 aliphatic heterocycles. The van der Waals surface area contributed by atoms with Gasteiger partial charge in [0.05, 0.1) is 17.7 Å². The van der Waals surface area contributed by atoms with Gasteiger partial charge in [0.15, 0.2) is 0 Å². The van der Waals surface area contributed by atoms with Crippen LogP contribution in [0.2, 0.25) is 0 Å². The third kappa shape index (κ3) is 3.74. The number of aromatic nitrogens is 1. The monoisotopic (exact) mass is 353 g/mol. The molecule has 1 aromatic carbocycles. The normalized spacial score (nSPS) is 10.3. The van der Waals surface area contributed by atoms with Crippen molar-refractivity contribution in [1.82, 2.24) is 4.98 Å². The number of nitrogens with zero attached hydrogens (tertiary/aromatic N) is 1. The number of carbonyl (C=O) groups is 1. The molecule has 0 unspecified atom stereocenters. The van der Waals surface area contributed by atoms with Gasteiger partial charge in [-0.25, -0.2) is 9.78 Å². The summed E-state index contributed by atoms with van der Waals surface area (Å²) in [5.74, 6) is 0.503. The van der Waals surface area contributed by atoms with Gasteiger partial charge in [-0.2, -0.15) is 0 Å². The van der Waals surface area contributed by atoms with Crippen LogP contribution in [-0.4, -0.2) is 23.2 Å². The number of rotatable bonds is 5. The van der Waals surface area contributed by atoms with Crippen LogP contribution in [0.25, 0.3) is 0 Å². The minimum atomic E-state index is -0.950. The molecule has 0 aliphatic rings. The van der Waals surface area contributed by atoms with Gasteiger partial charge in [0.1, 0.15) is 5.75 Å². The van der Waals surface area contributed by atoms with Crippen molar-refractivity contribution in [3.63, 3.8) is 0 Å². The number of thioether (sulfide) groups is 1. The zero-order chi connectivity index (χ0) is 14.5. The van der Waals surface area contributed by atoms with Crippen molar-refractivity contribution < 1.29 is 14.6 Å². The number of halogens is 1. The van der Waals surface area contributed by atoms with Crippen LogP contribution in [-0.2, 0) is 5.75 Å². The maximum absolute atomic E-state index is 10.9. The highest BCUT2D eigenvalue weighted by Gasteiger charge is 2.08. The van der Waals surface area contributed by atoms with Crippen LogP contribution in [0.15, 0.2) is 46.0 Å². The molecule has 2 aromatic rings. The Kier molecular flexibility index (Phi) is 5.03. The van der Waals surface area contributed by atoms with E-state index < -0.39 is 5.97 Å². The summed E-state index contributed by atoms with van der Waals surface area (Å²) in [4.78, 5) is 15.1. The molecule has 0 saturated carbocycles. The van der Waals surface area contributed by atoms with Crippen LogP contribution in [0.4, 0.5) is 0 Å². The molecule has 1 aromatic heterocycles. The van der Waals surface area contributed by atoms with Gasteiger partial charge < -0.3 is 9.84 Å². The number of hydrogen-bond donors (Lipinski definition) is 1. The van der Waals surface area contributed by atoms with E-state index in [9.17, 15) is 4.79 Å². The second-order valence-corrected chi connectivity index (χ2v) is 5.84. The Bertz CT molecular complexity index is 634. The molecule has 0 radical (unpaired) electrons. The predicted molar refractivity (Wildman–Crippen MR) is 81.5 cm³/mol. The number of carboxylic acid groups (broad SMARTS) is 1. The molecule has 20 heavy (non-hydrogen) atoms. The lowest BCUT2D eigenvalue weighted by molar-refractivity contribution is 0.0696. The average Bonchev–Trinajstić information content (AvgIpc) is 2.45. The second-order valence-electron chi connectivity index (χ2n) is 3.93. The summed E-state index contributed by atoms with van der Waals surface area (Å²) >= 11 is 4.89. The molecule has 4 nitrogen and oxygen atoms in total. The van der Waals surface area contributed by atoms with Gasteiger partial charge in [0.25, 0.3) is 0 Å². The van der Waals surface area contributed by atoms with Crippen molar-refractivity contribution in [1.29, 1.82) is 0 Å². The summed E-state index contributed by atoms with van der Waals surface area (Å²) in [5.41, 5.74) is 1.26. The highest BCUT2D eigenvalue weighted by atomic mass is 79.9. The van der Waals surface area contributed by atoms with Crippen molar-refractivity contribution in [2.75, 3.05) is 7.11 Å². The molecule has 2 rings (SSSR count). The van der Waals surface area contributed by atoms with Gasteiger partial charge in [0.2, 0.25) is 0 Å². The summed E-state index contributed by atoms with van der Waals surface area (Å²) in [7, 11) is 1.63. The quantitative estimate of drug-likeness (QED) is 0.827. The molecule has 1 heterocycles. The maximum atomic E-state index is 10.9. The average molecular weight is 354 g/mol. The Hall–Kier alpha value is -1.53. The number of ether oxygens (including phenoxy) is 1. The standard InChI is InChI=1S/C14H12BrNO3S/c1-19-12-3-2-11(15)6-10(12)8-20-13-7-9(14(17)18)4-5-16-13/h2-7H,8H2,1H3,(H,17,18). The Labute approximate surface area is 129 Å². The highest BCUT2D eigenvalue weighted by molar-refractivity contribution is 9.10. The third-order valence-electron chi connectivity index (χ3n) is 2.60. The summed E-state index contributed by atoms with van der Waals surface area (Å²) in [5, 5.41) is 9.62. The van der Waals surface area contributed by atoms with Crippen molar-refractivity contribution in [2.45, 2.75) is 10.8 Å². The van der Waals surface area contributed by atoms with Gasteiger partial charge in [-0.3, -0.25) is 0 Å². The molecule has 1 N–H and O–H groups in total. The minimum Gasteiger partial charge on any atom is -0.496 e. The van der Waals surface area contributed by atoms with E-state index in [-0.39, 0.29) is 5.56 Å². The number of methoxy groups -OCH3 is 1. The van der Waals surface area contributed by atoms with E-state index in [1.165, 1.54) is 24.0 Å². The largest absolute Gasteiger partial charge is 0.496 e. The molecule has 6 heteroatoms. The van der Waals surface area contributed by atoms with E-state index >= 15 is 0 Å². The smallest absolute Gasteiger partial charge is 0.335 e. The van der Waals surface area contributed by atoms with E-state index in [4.69, 9.17) is 9.84 Å². The molecule has 0 bridgehead atoms. The van der Waals surface area contributed by atoms with E-state index in [0.717, 1.165) is 15.8 Å². The van der Waals surface area contributed by atoms with E-state index in [1.807, 2.05) is 18.2 Å². The van der Waals surface area contributed by atoms with Crippen molar-refractivity contribution in [3.8, 4) is 5.75 Å². The second kappa shape index (κ2) is 6.76. The summed E-state index contributed by atoms with van der Waals surface area (Å²) in [6, 6.07) is 8.83. The minimum absolute atomic E-state index is 0.240. The van der Waals surface area contributed by atoms with Crippen LogP contribution >= 0.6 is 27.7 Å². The topological polar surface area (TPSA) is 59.4 Å². The molecule has 0 aliphatic carbocycles. The molecule has 104 valence electrons. The molecule has 0 atom stereocenters. The van der Waals surface area contributed by atoms with Crippen LogP contribution in [0, 0.1) is 0 Å². The van der Waals surface area contributed by atoms with Crippen molar-refractivity contribution in [2.24, 2.45) is 0 Å². The fraction of sp³-hybridized carbons (Fsp3) is 0.143. The zero-order valence-electron chi connectivity index (χ0n) is 10.7. The Morgan fingerprint density at radius 1 is 1.40 bits per heavy atom. The predicted octanol–water partition coefficient (Wildman–Crippen LogP) is 3.84. The van der Waals surface area contributed by atoms with Crippen LogP contribution in [0.1, 0.15) is 15.9 Å². The first-order chi connectivity index (χ1) is 9.60. The number of hydrogen-bond acceptors (Lipinski definition) is 4. The lowest BCUT2D eigenvalue weighted by Crippen LogP contribution is -1.97. The highest BCUT2D eigenvalue weighted by Crippen LogP contribution is 2.29. The van der Waals surface area contributed by atoms with Gasteiger partial charge in [0, 0.05) is 22.0 Å². The third-order valence-corrected chi connectivity index (χ3v) is 4.07. The molecule has 0 fully saturated rings. The van der Waals surface area contributed by atoms with E-state index in [1.54, 1.807) is 13.2 Å². The first-order valence-corrected chi connectivity index (χ1v) is 7.52. The van der Waals surface area contributed by atoms with Crippen molar-refractivity contribution >= 4 is 33.7 Å². The Morgan fingerprint density at radius 3 is 2.90 bits per heavy atom. The lowest BCUT2D eigenvalue weighted by atomic mass is 10.2. The summed E-state index contributed by atoms with van der Waals surface area (Å²) < 4.78 is 6.28. The number of carboxylic acids is 1. The first kappa shape index (κ1) is 14.9. The fourth-order valence-electron chi connectivity index (χ4n) is 1.63. The van der Waals surface area contributed by atoms with Crippen LogP contribution in [0.3, 0.4) is 0 Å². The Morgan fingerprint density at radius 2 is 2.20 bits per heavy atom. The van der Waals surface area contributed by atoms with Gasteiger partial charge in [-0.15, -0.1) is 11.8 Å². The molecule has 0 amide bonds. The molecular weight excluding hydrogens is 342 g/mol.